The number of aldehydes is 1. The summed E-state index contributed by atoms with van der Waals surface area (Å²) in [7, 11) is 0. The van der Waals surface area contributed by atoms with Crippen molar-refractivity contribution in [1.82, 2.24) is 4.90 Å². The van der Waals surface area contributed by atoms with Crippen LogP contribution < -0.4 is 5.32 Å². The molecule has 0 aliphatic carbocycles. The Labute approximate surface area is 140 Å². The van der Waals surface area contributed by atoms with Crippen LogP contribution in [0.5, 0.6) is 0 Å². The number of hydrogen-bond donors (Lipinski definition) is 1. The van der Waals surface area contributed by atoms with Crippen molar-refractivity contribution in [2.75, 3.05) is 18.4 Å². The van der Waals surface area contributed by atoms with Crippen LogP contribution >= 0.6 is 0 Å². The van der Waals surface area contributed by atoms with Crippen LogP contribution in [0.25, 0.3) is 0 Å². The molecule has 0 aromatic heterocycles. The molecule has 0 amide bonds. The predicted octanol–water partition coefficient (Wildman–Crippen LogP) is 3.09. The molecular weight excluding hydrogens is 306 g/mol. The summed E-state index contributed by atoms with van der Waals surface area (Å²) in [4.78, 5) is 23.9. The van der Waals surface area contributed by atoms with Gasteiger partial charge >= 0.3 is 0 Å². The summed E-state index contributed by atoms with van der Waals surface area (Å²) in [5.74, 6) is 0. The van der Waals surface area contributed by atoms with Gasteiger partial charge in [-0.15, -0.1) is 0 Å². The number of carbonyl (C=O) groups excluding carboxylic acids is 1. The number of benzene rings is 2. The van der Waals surface area contributed by atoms with Crippen molar-refractivity contribution in [3.8, 4) is 0 Å². The van der Waals surface area contributed by atoms with Crippen LogP contribution in [0.1, 0.15) is 22.3 Å². The number of nitrogens with zero attached hydrogens (tertiary/aromatic N) is 2. The molecule has 2 aromatic rings. The number of carbonyl (C=O) groups is 1. The lowest BCUT2D eigenvalue weighted by molar-refractivity contribution is -0.384. The summed E-state index contributed by atoms with van der Waals surface area (Å²) in [5, 5.41) is 14.5. The Balaban J connectivity index is 1.65. The Kier molecular flexibility index (Phi) is 4.86. The molecule has 1 aliphatic rings. The highest BCUT2D eigenvalue weighted by atomic mass is 16.6. The van der Waals surface area contributed by atoms with Crippen molar-refractivity contribution in [2.45, 2.75) is 19.0 Å². The van der Waals surface area contributed by atoms with E-state index in [2.05, 4.69) is 22.3 Å². The highest BCUT2D eigenvalue weighted by Gasteiger charge is 2.25. The van der Waals surface area contributed by atoms with E-state index in [0.717, 1.165) is 26.1 Å². The van der Waals surface area contributed by atoms with Crippen LogP contribution in [0.3, 0.4) is 0 Å². The summed E-state index contributed by atoms with van der Waals surface area (Å²) < 4.78 is 0. The third-order valence-electron chi connectivity index (χ3n) is 4.24. The number of hydrogen-bond acceptors (Lipinski definition) is 5. The molecule has 0 bridgehead atoms. The quantitative estimate of drug-likeness (QED) is 0.502. The summed E-state index contributed by atoms with van der Waals surface area (Å²) in [5.41, 5.74) is 1.99. The van der Waals surface area contributed by atoms with Gasteiger partial charge in [-0.3, -0.25) is 19.8 Å². The summed E-state index contributed by atoms with van der Waals surface area (Å²) in [6.07, 6.45) is 1.55. The topological polar surface area (TPSA) is 75.5 Å². The molecule has 24 heavy (non-hydrogen) atoms. The Bertz CT molecular complexity index is 734. The lowest BCUT2D eigenvalue weighted by Gasteiger charge is -2.17. The van der Waals surface area contributed by atoms with E-state index in [9.17, 15) is 14.9 Å². The average Bonchev–Trinajstić information content (AvgIpc) is 3.03. The lowest BCUT2D eigenvalue weighted by atomic mass is 10.1. The number of likely N-dealkylation sites (tertiary alicyclic amines) is 1. The minimum absolute atomic E-state index is 0.0545. The van der Waals surface area contributed by atoms with E-state index in [1.165, 1.54) is 11.6 Å². The standard InChI is InChI=1S/C18H19N3O3/c22-13-15-6-7-17(18(10-15)21(23)24)19-16-8-9-20(12-16)11-14-4-2-1-3-5-14/h1-7,10,13,16,19H,8-9,11-12H2/t16-/m0/s1. The van der Waals surface area contributed by atoms with E-state index in [1.807, 2.05) is 18.2 Å². The first-order valence-electron chi connectivity index (χ1n) is 7.92. The summed E-state index contributed by atoms with van der Waals surface area (Å²) >= 11 is 0. The SMILES string of the molecule is O=Cc1ccc(N[C@H]2CCN(Cc3ccccc3)C2)c([N+](=O)[O-])c1. The zero-order valence-corrected chi connectivity index (χ0v) is 13.2. The fourth-order valence-corrected chi connectivity index (χ4v) is 3.05. The minimum Gasteiger partial charge on any atom is -0.375 e. The molecule has 124 valence electrons. The van der Waals surface area contributed by atoms with Gasteiger partial charge in [-0.2, -0.15) is 0 Å². The van der Waals surface area contributed by atoms with Crippen molar-refractivity contribution >= 4 is 17.7 Å². The van der Waals surface area contributed by atoms with Gasteiger partial charge in [0.2, 0.25) is 0 Å². The normalized spacial score (nSPS) is 17.6. The van der Waals surface area contributed by atoms with Gasteiger partial charge in [-0.05, 0) is 24.1 Å². The average molecular weight is 325 g/mol. The van der Waals surface area contributed by atoms with Crippen LogP contribution in [-0.2, 0) is 6.54 Å². The van der Waals surface area contributed by atoms with Crippen LogP contribution in [0.15, 0.2) is 48.5 Å². The highest BCUT2D eigenvalue weighted by molar-refractivity contribution is 5.79. The molecule has 1 fully saturated rings. The number of nitro benzene ring substituents is 1. The van der Waals surface area contributed by atoms with Crippen molar-refractivity contribution < 1.29 is 9.72 Å². The van der Waals surface area contributed by atoms with Crippen molar-refractivity contribution in [2.24, 2.45) is 0 Å². The summed E-state index contributed by atoms with van der Waals surface area (Å²) in [6, 6.07) is 14.9. The van der Waals surface area contributed by atoms with E-state index in [4.69, 9.17) is 0 Å². The van der Waals surface area contributed by atoms with Gasteiger partial charge in [0, 0.05) is 37.3 Å². The van der Waals surface area contributed by atoms with E-state index in [0.29, 0.717) is 17.5 Å². The maximum absolute atomic E-state index is 11.2. The fraction of sp³-hybridized carbons (Fsp3) is 0.278. The van der Waals surface area contributed by atoms with Crippen LogP contribution in [0, 0.1) is 10.1 Å². The van der Waals surface area contributed by atoms with Gasteiger partial charge in [0.1, 0.15) is 12.0 Å². The highest BCUT2D eigenvalue weighted by Crippen LogP contribution is 2.27. The Morgan fingerprint density at radius 1 is 1.25 bits per heavy atom. The molecule has 1 saturated heterocycles. The maximum Gasteiger partial charge on any atom is 0.293 e. The molecule has 1 aliphatic heterocycles. The molecule has 0 spiro atoms. The third-order valence-corrected chi connectivity index (χ3v) is 4.24. The number of anilines is 1. The largest absolute Gasteiger partial charge is 0.375 e. The summed E-state index contributed by atoms with van der Waals surface area (Å²) in [6.45, 7) is 2.67. The Morgan fingerprint density at radius 2 is 2.04 bits per heavy atom. The predicted molar refractivity (Wildman–Crippen MR) is 92.2 cm³/mol. The van der Waals surface area contributed by atoms with Gasteiger partial charge in [0.25, 0.3) is 5.69 Å². The smallest absolute Gasteiger partial charge is 0.293 e. The van der Waals surface area contributed by atoms with Crippen LogP contribution in [-0.4, -0.2) is 35.2 Å². The van der Waals surface area contributed by atoms with Gasteiger partial charge in [0.05, 0.1) is 4.92 Å². The number of nitrogens with one attached hydrogen (secondary N) is 1. The molecular formula is C18H19N3O3. The first-order valence-corrected chi connectivity index (χ1v) is 7.92. The van der Waals surface area contributed by atoms with Gasteiger partial charge < -0.3 is 5.32 Å². The molecule has 0 saturated carbocycles. The maximum atomic E-state index is 11.2. The molecule has 6 heteroatoms. The second kappa shape index (κ2) is 7.23. The van der Waals surface area contributed by atoms with E-state index in [-0.39, 0.29) is 11.7 Å². The molecule has 1 heterocycles. The second-order valence-corrected chi connectivity index (χ2v) is 6.00. The van der Waals surface area contributed by atoms with Gasteiger partial charge in [-0.25, -0.2) is 0 Å². The first-order chi connectivity index (χ1) is 11.7. The Morgan fingerprint density at radius 3 is 2.75 bits per heavy atom. The second-order valence-electron chi connectivity index (χ2n) is 6.00. The van der Waals surface area contributed by atoms with Crippen molar-refractivity contribution in [3.63, 3.8) is 0 Å². The molecule has 0 unspecified atom stereocenters. The first kappa shape index (κ1) is 16.1. The molecule has 2 aromatic carbocycles. The van der Waals surface area contributed by atoms with E-state index in [1.54, 1.807) is 12.1 Å². The van der Waals surface area contributed by atoms with Gasteiger partial charge in [0.15, 0.2) is 0 Å². The molecule has 1 N–H and O–H groups in total. The van der Waals surface area contributed by atoms with Crippen molar-refractivity contribution in [3.05, 3.63) is 69.8 Å². The molecule has 6 nitrogen and oxygen atoms in total. The van der Waals surface area contributed by atoms with E-state index >= 15 is 0 Å². The molecule has 1 atom stereocenters. The lowest BCUT2D eigenvalue weighted by Crippen LogP contribution is -2.26. The number of rotatable bonds is 6. The fourth-order valence-electron chi connectivity index (χ4n) is 3.05. The Hall–Kier alpha value is -2.73. The zero-order valence-electron chi connectivity index (χ0n) is 13.2. The minimum atomic E-state index is -0.452. The third kappa shape index (κ3) is 3.78. The van der Waals surface area contributed by atoms with Crippen LogP contribution in [0.2, 0.25) is 0 Å². The number of nitro groups is 1. The van der Waals surface area contributed by atoms with Crippen LogP contribution in [0.4, 0.5) is 11.4 Å². The molecule has 0 radical (unpaired) electrons. The van der Waals surface area contributed by atoms with Crippen molar-refractivity contribution in [1.29, 1.82) is 0 Å². The zero-order chi connectivity index (χ0) is 16.9. The monoisotopic (exact) mass is 325 g/mol. The van der Waals surface area contributed by atoms with E-state index < -0.39 is 4.92 Å². The van der Waals surface area contributed by atoms with Gasteiger partial charge in [-0.1, -0.05) is 30.3 Å². The molecule has 3 rings (SSSR count).